The summed E-state index contributed by atoms with van der Waals surface area (Å²) < 4.78 is 1.71. The van der Waals surface area contributed by atoms with Crippen LogP contribution < -0.4 is 0 Å². The molecule has 24 heavy (non-hydrogen) atoms. The minimum Gasteiger partial charge on any atom is -0.339 e. The van der Waals surface area contributed by atoms with Crippen LogP contribution in [0.15, 0.2) is 54.4 Å². The Hall–Kier alpha value is -2.47. The first kappa shape index (κ1) is 16.4. The fraction of sp³-hybridized carbons (Fsp3) is 0.278. The van der Waals surface area contributed by atoms with E-state index in [2.05, 4.69) is 16.1 Å². The van der Waals surface area contributed by atoms with Crippen molar-refractivity contribution >= 4 is 17.2 Å². The van der Waals surface area contributed by atoms with Crippen LogP contribution in [0.5, 0.6) is 0 Å². The third kappa shape index (κ3) is 3.71. The van der Waals surface area contributed by atoms with Gasteiger partial charge in [0.15, 0.2) is 0 Å². The molecule has 0 spiro atoms. The SMILES string of the molecule is C[C@H](c1ccc(-n2cncn2)cc1)N(C)C(=O)CCc1cccs1. The average molecular weight is 340 g/mol. The second-order valence-electron chi connectivity index (χ2n) is 5.69. The van der Waals surface area contributed by atoms with Gasteiger partial charge in [-0.15, -0.1) is 11.3 Å². The molecule has 0 bridgehead atoms. The van der Waals surface area contributed by atoms with Crippen LogP contribution in [0.2, 0.25) is 0 Å². The Morgan fingerprint density at radius 2 is 2.08 bits per heavy atom. The first-order valence-electron chi connectivity index (χ1n) is 7.88. The minimum absolute atomic E-state index is 0.0330. The number of aryl methyl sites for hydroxylation is 1. The highest BCUT2D eigenvalue weighted by Crippen LogP contribution is 2.21. The van der Waals surface area contributed by atoms with Crippen LogP contribution in [-0.2, 0) is 11.2 Å². The molecule has 6 heteroatoms. The molecule has 0 aliphatic heterocycles. The number of benzene rings is 1. The van der Waals surface area contributed by atoms with E-state index >= 15 is 0 Å². The number of aromatic nitrogens is 3. The fourth-order valence-corrected chi connectivity index (χ4v) is 3.26. The quantitative estimate of drug-likeness (QED) is 0.690. The zero-order valence-electron chi connectivity index (χ0n) is 13.8. The second-order valence-corrected chi connectivity index (χ2v) is 6.72. The molecule has 1 aromatic carbocycles. The first-order chi connectivity index (χ1) is 11.6. The number of rotatable bonds is 6. The molecule has 0 fully saturated rings. The molecule has 1 amide bonds. The first-order valence-corrected chi connectivity index (χ1v) is 8.76. The Balaban J connectivity index is 1.62. The van der Waals surface area contributed by atoms with E-state index in [0.717, 1.165) is 17.7 Å². The molecule has 0 aliphatic rings. The lowest BCUT2D eigenvalue weighted by molar-refractivity contribution is -0.131. The van der Waals surface area contributed by atoms with Crippen molar-refractivity contribution in [1.82, 2.24) is 19.7 Å². The molecule has 2 heterocycles. The monoisotopic (exact) mass is 340 g/mol. The van der Waals surface area contributed by atoms with Crippen molar-refractivity contribution in [3.8, 4) is 5.69 Å². The highest BCUT2D eigenvalue weighted by Gasteiger charge is 2.17. The van der Waals surface area contributed by atoms with Crippen LogP contribution in [0.4, 0.5) is 0 Å². The van der Waals surface area contributed by atoms with Gasteiger partial charge in [-0.2, -0.15) is 5.10 Å². The minimum atomic E-state index is 0.0330. The van der Waals surface area contributed by atoms with E-state index in [0.29, 0.717) is 6.42 Å². The van der Waals surface area contributed by atoms with Gasteiger partial charge < -0.3 is 4.90 Å². The molecule has 0 unspecified atom stereocenters. The van der Waals surface area contributed by atoms with E-state index in [9.17, 15) is 4.79 Å². The third-order valence-electron chi connectivity index (χ3n) is 4.20. The van der Waals surface area contributed by atoms with Gasteiger partial charge in [0.1, 0.15) is 12.7 Å². The number of hydrogen-bond donors (Lipinski definition) is 0. The summed E-state index contributed by atoms with van der Waals surface area (Å²) >= 11 is 1.70. The van der Waals surface area contributed by atoms with Gasteiger partial charge in [-0.25, -0.2) is 9.67 Å². The van der Waals surface area contributed by atoms with Crippen molar-refractivity contribution in [2.24, 2.45) is 0 Å². The Morgan fingerprint density at radius 3 is 2.71 bits per heavy atom. The maximum absolute atomic E-state index is 12.4. The van der Waals surface area contributed by atoms with Crippen molar-refractivity contribution < 1.29 is 4.79 Å². The van der Waals surface area contributed by atoms with Gasteiger partial charge in [-0.05, 0) is 42.5 Å². The number of carbonyl (C=O) groups excluding carboxylic acids is 1. The Bertz CT molecular complexity index is 766. The Kier molecular flexibility index (Phi) is 5.05. The van der Waals surface area contributed by atoms with Crippen LogP contribution >= 0.6 is 11.3 Å². The molecule has 2 aromatic heterocycles. The molecule has 0 aliphatic carbocycles. The Labute approximate surface area is 145 Å². The van der Waals surface area contributed by atoms with Gasteiger partial charge in [-0.1, -0.05) is 18.2 Å². The van der Waals surface area contributed by atoms with Crippen molar-refractivity contribution in [2.45, 2.75) is 25.8 Å². The van der Waals surface area contributed by atoms with Gasteiger partial charge in [0, 0.05) is 18.3 Å². The number of amides is 1. The van der Waals surface area contributed by atoms with Crippen molar-refractivity contribution in [1.29, 1.82) is 0 Å². The van der Waals surface area contributed by atoms with Gasteiger partial charge >= 0.3 is 0 Å². The summed E-state index contributed by atoms with van der Waals surface area (Å²) in [5.74, 6) is 0.163. The molecule has 5 nitrogen and oxygen atoms in total. The van der Waals surface area contributed by atoms with Gasteiger partial charge in [0.25, 0.3) is 0 Å². The lowest BCUT2D eigenvalue weighted by atomic mass is 10.1. The summed E-state index contributed by atoms with van der Waals surface area (Å²) in [7, 11) is 1.87. The molecular weight excluding hydrogens is 320 g/mol. The predicted octanol–water partition coefficient (Wildman–Crippen LogP) is 3.48. The number of carbonyl (C=O) groups is 1. The van der Waals surface area contributed by atoms with Gasteiger partial charge in [0.05, 0.1) is 11.7 Å². The maximum Gasteiger partial charge on any atom is 0.223 e. The van der Waals surface area contributed by atoms with Crippen LogP contribution in [0.25, 0.3) is 5.69 Å². The van der Waals surface area contributed by atoms with Crippen LogP contribution in [0.1, 0.15) is 29.8 Å². The molecule has 3 aromatic rings. The van der Waals surface area contributed by atoms with Crippen LogP contribution in [0, 0.1) is 0 Å². The molecule has 124 valence electrons. The molecule has 0 saturated heterocycles. The summed E-state index contributed by atoms with van der Waals surface area (Å²) in [5.41, 5.74) is 2.06. The lowest BCUT2D eigenvalue weighted by Crippen LogP contribution is -2.29. The highest BCUT2D eigenvalue weighted by atomic mass is 32.1. The zero-order chi connectivity index (χ0) is 16.9. The van der Waals surface area contributed by atoms with Crippen molar-refractivity contribution in [2.75, 3.05) is 7.05 Å². The normalized spacial score (nSPS) is 12.1. The van der Waals surface area contributed by atoms with Gasteiger partial charge in [-0.3, -0.25) is 4.79 Å². The standard InChI is InChI=1S/C18H20N4OS/c1-14(21(2)18(23)10-9-17-4-3-11-24-17)15-5-7-16(8-6-15)22-13-19-12-20-22/h3-8,11-14H,9-10H2,1-2H3/t14-/m1/s1. The van der Waals surface area contributed by atoms with Crippen LogP contribution in [0.3, 0.4) is 0 Å². The van der Waals surface area contributed by atoms with E-state index in [1.807, 2.05) is 54.6 Å². The molecule has 0 radical (unpaired) electrons. The molecule has 0 saturated carbocycles. The summed E-state index contributed by atoms with van der Waals surface area (Å²) in [5, 5.41) is 6.16. The van der Waals surface area contributed by atoms with E-state index in [-0.39, 0.29) is 11.9 Å². The Morgan fingerprint density at radius 1 is 1.29 bits per heavy atom. The topological polar surface area (TPSA) is 51.0 Å². The summed E-state index contributed by atoms with van der Waals surface area (Å²) in [4.78, 5) is 19.4. The molecular formula is C18H20N4OS. The third-order valence-corrected chi connectivity index (χ3v) is 5.13. The van der Waals surface area contributed by atoms with Gasteiger partial charge in [0.2, 0.25) is 5.91 Å². The molecule has 1 atom stereocenters. The summed E-state index contributed by atoms with van der Waals surface area (Å²) in [6.45, 7) is 2.05. The molecule has 0 N–H and O–H groups in total. The highest BCUT2D eigenvalue weighted by molar-refractivity contribution is 7.09. The lowest BCUT2D eigenvalue weighted by Gasteiger charge is -2.25. The van der Waals surface area contributed by atoms with Crippen molar-refractivity contribution in [3.63, 3.8) is 0 Å². The molecule has 3 rings (SSSR count). The smallest absolute Gasteiger partial charge is 0.223 e. The largest absolute Gasteiger partial charge is 0.339 e. The number of thiophene rings is 1. The zero-order valence-corrected chi connectivity index (χ0v) is 14.6. The average Bonchev–Trinajstić information content (AvgIpc) is 3.32. The van der Waals surface area contributed by atoms with E-state index in [1.54, 1.807) is 22.3 Å². The van der Waals surface area contributed by atoms with E-state index < -0.39 is 0 Å². The van der Waals surface area contributed by atoms with E-state index in [1.165, 1.54) is 11.2 Å². The second kappa shape index (κ2) is 7.40. The predicted molar refractivity (Wildman–Crippen MR) is 95.2 cm³/mol. The fourth-order valence-electron chi connectivity index (χ4n) is 2.55. The summed E-state index contributed by atoms with van der Waals surface area (Å²) in [6, 6.07) is 12.2. The summed E-state index contributed by atoms with van der Waals surface area (Å²) in [6.07, 6.45) is 4.52. The number of nitrogens with zero attached hydrogens (tertiary/aromatic N) is 4. The van der Waals surface area contributed by atoms with Crippen LogP contribution in [-0.4, -0.2) is 32.6 Å². The van der Waals surface area contributed by atoms with Crippen molar-refractivity contribution in [3.05, 3.63) is 64.9 Å². The van der Waals surface area contributed by atoms with E-state index in [4.69, 9.17) is 0 Å². The number of hydrogen-bond acceptors (Lipinski definition) is 4. The maximum atomic E-state index is 12.4.